The Morgan fingerprint density at radius 2 is 2.15 bits per heavy atom. The van der Waals surface area contributed by atoms with Crippen LogP contribution in [0.4, 0.5) is 5.69 Å². The molecule has 4 heteroatoms. The van der Waals surface area contributed by atoms with Crippen LogP contribution in [0.1, 0.15) is 39.7 Å². The molecule has 1 aromatic heterocycles. The van der Waals surface area contributed by atoms with Crippen LogP contribution in [0.5, 0.6) is 0 Å². The van der Waals surface area contributed by atoms with Gasteiger partial charge in [-0.2, -0.15) is 0 Å². The van der Waals surface area contributed by atoms with Gasteiger partial charge in [0.15, 0.2) is 0 Å². The lowest BCUT2D eigenvalue weighted by atomic mass is 9.99. The molecule has 1 aliphatic rings. The van der Waals surface area contributed by atoms with Crippen LogP contribution in [0.2, 0.25) is 0 Å². The van der Waals surface area contributed by atoms with Crippen molar-refractivity contribution < 1.29 is 4.79 Å². The van der Waals surface area contributed by atoms with Crippen molar-refractivity contribution in [1.82, 2.24) is 4.90 Å². The Labute approximate surface area is 123 Å². The van der Waals surface area contributed by atoms with Crippen molar-refractivity contribution in [2.45, 2.75) is 25.8 Å². The summed E-state index contributed by atoms with van der Waals surface area (Å²) in [7, 11) is 0. The number of amides is 1. The van der Waals surface area contributed by atoms with Crippen molar-refractivity contribution in [3.63, 3.8) is 0 Å². The van der Waals surface area contributed by atoms with Crippen LogP contribution in [0, 0.1) is 6.92 Å². The zero-order valence-corrected chi connectivity index (χ0v) is 12.3. The third-order valence-electron chi connectivity index (χ3n) is 3.95. The number of hydrogen-bond donors (Lipinski definition) is 1. The summed E-state index contributed by atoms with van der Waals surface area (Å²) in [6.07, 6.45) is 2.08. The number of rotatable bonds is 2. The first-order valence-corrected chi connectivity index (χ1v) is 7.76. The number of nitrogens with zero attached hydrogens (tertiary/aromatic N) is 1. The summed E-state index contributed by atoms with van der Waals surface area (Å²) in [6.45, 7) is 2.92. The maximum Gasteiger partial charge on any atom is 0.266 e. The topological polar surface area (TPSA) is 46.3 Å². The molecule has 20 heavy (non-hydrogen) atoms. The predicted octanol–water partition coefficient (Wildman–Crippen LogP) is 3.62. The summed E-state index contributed by atoms with van der Waals surface area (Å²) in [5.74, 6) is 0.0725. The van der Waals surface area contributed by atoms with Crippen molar-refractivity contribution in [3.05, 3.63) is 51.7 Å². The number of carbonyl (C=O) groups is 1. The molecule has 2 aromatic rings. The highest BCUT2D eigenvalue weighted by Gasteiger charge is 2.32. The van der Waals surface area contributed by atoms with E-state index in [-0.39, 0.29) is 11.9 Å². The second kappa shape index (κ2) is 5.29. The van der Waals surface area contributed by atoms with Gasteiger partial charge in [0.25, 0.3) is 5.91 Å². The van der Waals surface area contributed by atoms with E-state index in [9.17, 15) is 4.79 Å². The second-order valence-corrected chi connectivity index (χ2v) is 6.13. The number of carbonyl (C=O) groups excluding carboxylic acids is 1. The predicted molar refractivity (Wildman–Crippen MR) is 82.9 cm³/mol. The van der Waals surface area contributed by atoms with Crippen LogP contribution in [-0.2, 0) is 0 Å². The molecule has 0 bridgehead atoms. The molecule has 104 valence electrons. The zero-order chi connectivity index (χ0) is 14.1. The smallest absolute Gasteiger partial charge is 0.266 e. The van der Waals surface area contributed by atoms with Gasteiger partial charge in [-0.05, 0) is 42.3 Å². The SMILES string of the molecule is Cc1ccccc1C1CCCN1C(=O)c1sccc1N. The van der Waals surface area contributed by atoms with E-state index in [0.29, 0.717) is 10.6 Å². The maximum atomic E-state index is 12.7. The van der Waals surface area contributed by atoms with Crippen LogP contribution in [0.15, 0.2) is 35.7 Å². The van der Waals surface area contributed by atoms with Crippen LogP contribution < -0.4 is 5.73 Å². The summed E-state index contributed by atoms with van der Waals surface area (Å²) in [4.78, 5) is 15.3. The summed E-state index contributed by atoms with van der Waals surface area (Å²) in [5, 5.41) is 1.88. The lowest BCUT2D eigenvalue weighted by Crippen LogP contribution is -2.30. The Morgan fingerprint density at radius 3 is 2.85 bits per heavy atom. The molecule has 1 atom stereocenters. The Hall–Kier alpha value is -1.81. The van der Waals surface area contributed by atoms with E-state index in [0.717, 1.165) is 19.4 Å². The van der Waals surface area contributed by atoms with Crippen molar-refractivity contribution in [1.29, 1.82) is 0 Å². The highest BCUT2D eigenvalue weighted by atomic mass is 32.1. The van der Waals surface area contributed by atoms with Gasteiger partial charge >= 0.3 is 0 Å². The molecule has 3 nitrogen and oxygen atoms in total. The number of aryl methyl sites for hydroxylation is 1. The van der Waals surface area contributed by atoms with Crippen molar-refractivity contribution in [2.75, 3.05) is 12.3 Å². The molecule has 1 aromatic carbocycles. The molecule has 0 aliphatic carbocycles. The average molecular weight is 286 g/mol. The molecular weight excluding hydrogens is 268 g/mol. The van der Waals surface area contributed by atoms with E-state index in [2.05, 4.69) is 19.1 Å². The number of nitrogen functional groups attached to an aromatic ring is 1. The molecule has 1 amide bonds. The first kappa shape index (κ1) is 13.2. The Bertz CT molecular complexity index is 635. The normalized spacial score (nSPS) is 18.4. The molecular formula is C16H18N2OS. The van der Waals surface area contributed by atoms with E-state index < -0.39 is 0 Å². The lowest BCUT2D eigenvalue weighted by Gasteiger charge is -2.26. The second-order valence-electron chi connectivity index (χ2n) is 5.22. The van der Waals surface area contributed by atoms with Gasteiger partial charge in [0.05, 0.1) is 11.7 Å². The van der Waals surface area contributed by atoms with E-state index in [1.165, 1.54) is 22.5 Å². The van der Waals surface area contributed by atoms with Crippen LogP contribution >= 0.6 is 11.3 Å². The fourth-order valence-corrected chi connectivity index (χ4v) is 3.69. The largest absolute Gasteiger partial charge is 0.397 e. The number of likely N-dealkylation sites (tertiary alicyclic amines) is 1. The monoisotopic (exact) mass is 286 g/mol. The van der Waals surface area contributed by atoms with Gasteiger partial charge < -0.3 is 10.6 Å². The van der Waals surface area contributed by atoms with Crippen molar-refractivity contribution >= 4 is 22.9 Å². The third-order valence-corrected chi connectivity index (χ3v) is 4.87. The van der Waals surface area contributed by atoms with Crippen molar-refractivity contribution in [2.24, 2.45) is 0 Å². The first-order chi connectivity index (χ1) is 9.68. The molecule has 1 aliphatic heterocycles. The maximum absolute atomic E-state index is 12.7. The number of benzene rings is 1. The van der Waals surface area contributed by atoms with Crippen LogP contribution in [0.25, 0.3) is 0 Å². The zero-order valence-electron chi connectivity index (χ0n) is 11.5. The summed E-state index contributed by atoms with van der Waals surface area (Å²) in [5.41, 5.74) is 8.98. The van der Waals surface area contributed by atoms with Gasteiger partial charge in [-0.25, -0.2) is 0 Å². The number of hydrogen-bond acceptors (Lipinski definition) is 3. The molecule has 2 N–H and O–H groups in total. The molecule has 2 heterocycles. The minimum absolute atomic E-state index is 0.0725. The average Bonchev–Trinajstić information content (AvgIpc) is 3.07. The minimum atomic E-state index is 0.0725. The van der Waals surface area contributed by atoms with Gasteiger partial charge in [0.1, 0.15) is 4.88 Å². The minimum Gasteiger partial charge on any atom is -0.397 e. The molecule has 0 saturated carbocycles. The van der Waals surface area contributed by atoms with Crippen molar-refractivity contribution in [3.8, 4) is 0 Å². The van der Waals surface area contributed by atoms with E-state index in [1.54, 1.807) is 6.07 Å². The lowest BCUT2D eigenvalue weighted by molar-refractivity contribution is 0.0741. The summed E-state index contributed by atoms with van der Waals surface area (Å²) < 4.78 is 0. The number of thiophene rings is 1. The Kier molecular flexibility index (Phi) is 3.49. The first-order valence-electron chi connectivity index (χ1n) is 6.88. The van der Waals surface area contributed by atoms with Gasteiger partial charge in [-0.3, -0.25) is 4.79 Å². The molecule has 0 spiro atoms. The fraction of sp³-hybridized carbons (Fsp3) is 0.312. The summed E-state index contributed by atoms with van der Waals surface area (Å²) >= 11 is 1.43. The number of anilines is 1. The molecule has 0 radical (unpaired) electrons. The molecule has 1 unspecified atom stereocenters. The summed E-state index contributed by atoms with van der Waals surface area (Å²) in [6, 6.07) is 10.3. The number of nitrogens with two attached hydrogens (primary N) is 1. The van der Waals surface area contributed by atoms with Gasteiger partial charge in [-0.1, -0.05) is 24.3 Å². The highest BCUT2D eigenvalue weighted by Crippen LogP contribution is 2.36. The third kappa shape index (κ3) is 2.20. The van der Waals surface area contributed by atoms with Crippen LogP contribution in [0.3, 0.4) is 0 Å². The Morgan fingerprint density at radius 1 is 1.35 bits per heavy atom. The standard InChI is InChI=1S/C16H18N2OS/c1-11-5-2-3-6-12(11)14-7-4-9-18(14)16(19)15-13(17)8-10-20-15/h2-3,5-6,8,10,14H,4,7,9,17H2,1H3. The van der Waals surface area contributed by atoms with Gasteiger partial charge in [-0.15, -0.1) is 11.3 Å². The molecule has 1 fully saturated rings. The quantitative estimate of drug-likeness (QED) is 0.916. The van der Waals surface area contributed by atoms with E-state index >= 15 is 0 Å². The van der Waals surface area contributed by atoms with Gasteiger partial charge in [0, 0.05) is 6.54 Å². The Balaban J connectivity index is 1.92. The highest BCUT2D eigenvalue weighted by molar-refractivity contribution is 7.12. The van der Waals surface area contributed by atoms with Crippen LogP contribution in [-0.4, -0.2) is 17.4 Å². The van der Waals surface area contributed by atoms with E-state index in [4.69, 9.17) is 5.73 Å². The molecule has 3 rings (SSSR count). The molecule has 1 saturated heterocycles. The van der Waals surface area contributed by atoms with Gasteiger partial charge in [0.2, 0.25) is 0 Å². The van der Waals surface area contributed by atoms with E-state index in [1.807, 2.05) is 22.4 Å². The fourth-order valence-electron chi connectivity index (χ4n) is 2.92.